The van der Waals surface area contributed by atoms with Crippen LogP contribution in [-0.2, 0) is 16.0 Å². The molecule has 19 heavy (non-hydrogen) atoms. The number of nitrogens with one attached hydrogen (secondary N) is 1. The molecular weight excluding hydrogens is 260 g/mol. The first kappa shape index (κ1) is 13.5. The first-order valence-electron chi connectivity index (χ1n) is 5.93. The maximum absolute atomic E-state index is 11.2. The standard InChI is InChI=1S/C14H16N2O2S/c1-9-4-10(2)6-11(5-9)15-14-16-12(8-19-14)7-13(17)18-3/h4-6,8H,7H2,1-3H3,(H,15,16). The number of aromatic nitrogens is 1. The van der Waals surface area contributed by atoms with Gasteiger partial charge in [-0.15, -0.1) is 11.3 Å². The number of thiazole rings is 1. The molecule has 5 heteroatoms. The third kappa shape index (κ3) is 3.79. The van der Waals surface area contributed by atoms with E-state index in [0.717, 1.165) is 16.5 Å². The van der Waals surface area contributed by atoms with E-state index < -0.39 is 0 Å². The maximum atomic E-state index is 11.2. The number of benzene rings is 1. The summed E-state index contributed by atoms with van der Waals surface area (Å²) in [5.74, 6) is -0.275. The normalized spacial score (nSPS) is 10.3. The van der Waals surface area contributed by atoms with Gasteiger partial charge in [0.05, 0.1) is 19.2 Å². The number of rotatable bonds is 4. The van der Waals surface area contributed by atoms with Crippen LogP contribution >= 0.6 is 11.3 Å². The van der Waals surface area contributed by atoms with Gasteiger partial charge >= 0.3 is 5.97 Å². The van der Waals surface area contributed by atoms with Crippen molar-refractivity contribution < 1.29 is 9.53 Å². The molecule has 2 aromatic rings. The highest BCUT2D eigenvalue weighted by atomic mass is 32.1. The summed E-state index contributed by atoms with van der Waals surface area (Å²) in [6.45, 7) is 4.12. The zero-order valence-electron chi connectivity index (χ0n) is 11.2. The number of methoxy groups -OCH3 is 1. The van der Waals surface area contributed by atoms with Gasteiger partial charge in [0.2, 0.25) is 0 Å². The Morgan fingerprint density at radius 3 is 2.63 bits per heavy atom. The first-order chi connectivity index (χ1) is 9.06. The SMILES string of the molecule is COC(=O)Cc1csc(Nc2cc(C)cc(C)c2)n1. The van der Waals surface area contributed by atoms with Gasteiger partial charge < -0.3 is 10.1 Å². The Morgan fingerprint density at radius 1 is 1.32 bits per heavy atom. The molecule has 1 heterocycles. The molecule has 0 atom stereocenters. The lowest BCUT2D eigenvalue weighted by Gasteiger charge is -2.05. The van der Waals surface area contributed by atoms with Gasteiger partial charge in [-0.05, 0) is 37.1 Å². The zero-order chi connectivity index (χ0) is 13.8. The minimum atomic E-state index is -0.275. The van der Waals surface area contributed by atoms with Crippen LogP contribution in [0, 0.1) is 13.8 Å². The molecule has 1 aromatic carbocycles. The van der Waals surface area contributed by atoms with Gasteiger partial charge in [-0.2, -0.15) is 0 Å². The summed E-state index contributed by atoms with van der Waals surface area (Å²) in [5, 5.41) is 5.90. The van der Waals surface area contributed by atoms with Gasteiger partial charge in [-0.25, -0.2) is 4.98 Å². The highest BCUT2D eigenvalue weighted by Crippen LogP contribution is 2.23. The third-order valence-electron chi connectivity index (χ3n) is 2.58. The molecule has 1 N–H and O–H groups in total. The van der Waals surface area contributed by atoms with Crippen LogP contribution in [-0.4, -0.2) is 18.1 Å². The summed E-state index contributed by atoms with van der Waals surface area (Å²) >= 11 is 1.48. The molecule has 4 nitrogen and oxygen atoms in total. The maximum Gasteiger partial charge on any atom is 0.311 e. The second-order valence-electron chi connectivity index (χ2n) is 4.40. The lowest BCUT2D eigenvalue weighted by molar-refractivity contribution is -0.139. The van der Waals surface area contributed by atoms with Crippen molar-refractivity contribution in [1.29, 1.82) is 0 Å². The Hall–Kier alpha value is -1.88. The first-order valence-corrected chi connectivity index (χ1v) is 6.81. The van der Waals surface area contributed by atoms with Crippen LogP contribution in [0.15, 0.2) is 23.6 Å². The van der Waals surface area contributed by atoms with Crippen molar-refractivity contribution in [2.24, 2.45) is 0 Å². The van der Waals surface area contributed by atoms with E-state index in [9.17, 15) is 4.79 Å². The topological polar surface area (TPSA) is 51.2 Å². The molecule has 0 saturated carbocycles. The summed E-state index contributed by atoms with van der Waals surface area (Å²) in [6.07, 6.45) is 0.210. The molecule has 100 valence electrons. The Labute approximate surface area is 116 Å². The van der Waals surface area contributed by atoms with Crippen molar-refractivity contribution in [1.82, 2.24) is 4.98 Å². The lowest BCUT2D eigenvalue weighted by Crippen LogP contribution is -2.04. The van der Waals surface area contributed by atoms with Crippen molar-refractivity contribution in [3.8, 4) is 0 Å². The Morgan fingerprint density at radius 2 is 2.00 bits per heavy atom. The Balaban J connectivity index is 2.09. The van der Waals surface area contributed by atoms with Crippen molar-refractivity contribution in [3.05, 3.63) is 40.4 Å². The van der Waals surface area contributed by atoms with E-state index in [4.69, 9.17) is 0 Å². The van der Waals surface area contributed by atoms with Crippen molar-refractivity contribution in [2.45, 2.75) is 20.3 Å². The van der Waals surface area contributed by atoms with Crippen LogP contribution < -0.4 is 5.32 Å². The van der Waals surface area contributed by atoms with Gasteiger partial charge in [-0.1, -0.05) is 6.07 Å². The lowest BCUT2D eigenvalue weighted by atomic mass is 10.1. The summed E-state index contributed by atoms with van der Waals surface area (Å²) in [4.78, 5) is 15.5. The fourth-order valence-electron chi connectivity index (χ4n) is 1.84. The Bertz CT molecular complexity index is 573. The van der Waals surface area contributed by atoms with E-state index in [2.05, 4.69) is 47.1 Å². The minimum absolute atomic E-state index is 0.210. The fraction of sp³-hybridized carbons (Fsp3) is 0.286. The molecule has 1 aromatic heterocycles. The smallest absolute Gasteiger partial charge is 0.311 e. The van der Waals surface area contributed by atoms with Gasteiger partial charge in [0.15, 0.2) is 5.13 Å². The number of hydrogen-bond acceptors (Lipinski definition) is 5. The molecule has 0 saturated heterocycles. The van der Waals surface area contributed by atoms with Gasteiger partial charge in [0.1, 0.15) is 0 Å². The summed E-state index contributed by atoms with van der Waals surface area (Å²) in [5.41, 5.74) is 4.14. The highest BCUT2D eigenvalue weighted by Gasteiger charge is 2.08. The number of esters is 1. The molecule has 0 spiro atoms. The quantitative estimate of drug-likeness (QED) is 0.871. The van der Waals surface area contributed by atoms with E-state index >= 15 is 0 Å². The van der Waals surface area contributed by atoms with E-state index in [0.29, 0.717) is 0 Å². The molecule has 0 unspecified atom stereocenters. The van der Waals surface area contributed by atoms with Crippen molar-refractivity contribution in [3.63, 3.8) is 0 Å². The minimum Gasteiger partial charge on any atom is -0.469 e. The van der Waals surface area contributed by atoms with E-state index in [1.807, 2.05) is 5.38 Å². The van der Waals surface area contributed by atoms with Gasteiger partial charge in [0, 0.05) is 11.1 Å². The number of hydrogen-bond donors (Lipinski definition) is 1. The number of ether oxygens (including phenoxy) is 1. The average molecular weight is 276 g/mol. The predicted molar refractivity (Wildman–Crippen MR) is 77.0 cm³/mol. The molecule has 0 fully saturated rings. The third-order valence-corrected chi connectivity index (χ3v) is 3.38. The zero-order valence-corrected chi connectivity index (χ0v) is 12.0. The number of nitrogens with zero attached hydrogens (tertiary/aromatic N) is 1. The monoisotopic (exact) mass is 276 g/mol. The largest absolute Gasteiger partial charge is 0.469 e. The second kappa shape index (κ2) is 5.84. The molecular formula is C14H16N2O2S. The molecule has 0 bridgehead atoms. The van der Waals surface area contributed by atoms with Crippen LogP contribution in [0.1, 0.15) is 16.8 Å². The van der Waals surface area contributed by atoms with Crippen molar-refractivity contribution in [2.75, 3.05) is 12.4 Å². The second-order valence-corrected chi connectivity index (χ2v) is 5.26. The highest BCUT2D eigenvalue weighted by molar-refractivity contribution is 7.13. The summed E-state index contributed by atoms with van der Waals surface area (Å²) in [6, 6.07) is 6.25. The van der Waals surface area contributed by atoms with Crippen LogP contribution in [0.2, 0.25) is 0 Å². The molecule has 2 rings (SSSR count). The number of aryl methyl sites for hydroxylation is 2. The van der Waals surface area contributed by atoms with E-state index in [1.165, 1.54) is 29.6 Å². The van der Waals surface area contributed by atoms with Gasteiger partial charge in [-0.3, -0.25) is 4.79 Å². The average Bonchev–Trinajstić information content (AvgIpc) is 2.74. The number of carbonyl (C=O) groups is 1. The number of carbonyl (C=O) groups excluding carboxylic acids is 1. The molecule has 0 radical (unpaired) electrons. The molecule has 0 aliphatic rings. The summed E-state index contributed by atoms with van der Waals surface area (Å²) < 4.78 is 4.62. The van der Waals surface area contributed by atoms with Crippen LogP contribution in [0.3, 0.4) is 0 Å². The summed E-state index contributed by atoms with van der Waals surface area (Å²) in [7, 11) is 1.38. The number of anilines is 2. The van der Waals surface area contributed by atoms with Crippen LogP contribution in [0.5, 0.6) is 0 Å². The molecule has 0 aliphatic carbocycles. The molecule has 0 aliphatic heterocycles. The Kier molecular flexibility index (Phi) is 4.16. The predicted octanol–water partition coefficient (Wildman–Crippen LogP) is 3.22. The van der Waals surface area contributed by atoms with Crippen LogP contribution in [0.4, 0.5) is 10.8 Å². The van der Waals surface area contributed by atoms with E-state index in [-0.39, 0.29) is 12.4 Å². The van der Waals surface area contributed by atoms with Crippen molar-refractivity contribution >= 4 is 28.1 Å². The fourth-order valence-corrected chi connectivity index (χ4v) is 2.57. The van der Waals surface area contributed by atoms with Crippen LogP contribution in [0.25, 0.3) is 0 Å². The van der Waals surface area contributed by atoms with E-state index in [1.54, 1.807) is 0 Å². The molecule has 0 amide bonds. The van der Waals surface area contributed by atoms with Gasteiger partial charge in [0.25, 0.3) is 0 Å².